The molecule has 0 bridgehead atoms. The van der Waals surface area contributed by atoms with E-state index in [9.17, 15) is 4.79 Å². The lowest BCUT2D eigenvalue weighted by Crippen LogP contribution is -2.40. The molecule has 1 atom stereocenters. The minimum absolute atomic E-state index is 0.152. The van der Waals surface area contributed by atoms with Gasteiger partial charge >= 0.3 is 5.97 Å². The number of nitrogens with zero attached hydrogens (tertiary/aromatic N) is 1. The molecule has 0 saturated carbocycles. The summed E-state index contributed by atoms with van der Waals surface area (Å²) in [6.45, 7) is 6.35. The van der Waals surface area contributed by atoms with Gasteiger partial charge in [0, 0.05) is 18.8 Å². The molecule has 1 aliphatic heterocycles. The largest absolute Gasteiger partial charge is 0.465 e. The summed E-state index contributed by atoms with van der Waals surface area (Å²) >= 11 is 0. The van der Waals surface area contributed by atoms with Gasteiger partial charge in [-0.2, -0.15) is 0 Å². The van der Waals surface area contributed by atoms with Gasteiger partial charge in [-0.25, -0.2) is 0 Å². The van der Waals surface area contributed by atoms with Gasteiger partial charge in [-0.3, -0.25) is 4.79 Å². The van der Waals surface area contributed by atoms with Gasteiger partial charge in [0.25, 0.3) is 0 Å². The Hall–Kier alpha value is -1.55. The van der Waals surface area contributed by atoms with Crippen molar-refractivity contribution in [3.63, 3.8) is 0 Å². The minimum atomic E-state index is -0.222. The fourth-order valence-corrected chi connectivity index (χ4v) is 2.94. The molecular formula is C17H26N2O2. The standard InChI is InChI=1S/C17H26N2O2/c1-4-21-17(20)15(18-3)9-11-19-10-5-6-14-12-13(2)7-8-16(14)19/h7-8,12,15,18H,4-6,9-11H2,1-3H3. The first-order chi connectivity index (χ1) is 10.2. The molecule has 4 heteroatoms. The van der Waals surface area contributed by atoms with Gasteiger partial charge in [0.15, 0.2) is 0 Å². The van der Waals surface area contributed by atoms with Gasteiger partial charge in [0.1, 0.15) is 6.04 Å². The fraction of sp³-hybridized carbons (Fsp3) is 0.588. The third-order valence-corrected chi connectivity index (χ3v) is 4.06. The number of nitrogens with one attached hydrogen (secondary N) is 1. The molecular weight excluding hydrogens is 264 g/mol. The molecule has 0 saturated heterocycles. The SMILES string of the molecule is CCOC(=O)C(CCN1CCCc2cc(C)ccc21)NC. The zero-order chi connectivity index (χ0) is 15.2. The lowest BCUT2D eigenvalue weighted by Gasteiger charge is -2.32. The van der Waals surface area contributed by atoms with Crippen LogP contribution < -0.4 is 10.2 Å². The first kappa shape index (κ1) is 15.8. The first-order valence-corrected chi connectivity index (χ1v) is 7.84. The van der Waals surface area contributed by atoms with Crippen LogP contribution in [0.25, 0.3) is 0 Å². The number of rotatable bonds is 6. The van der Waals surface area contributed by atoms with Crippen molar-refractivity contribution in [3.05, 3.63) is 29.3 Å². The second-order valence-corrected chi connectivity index (χ2v) is 5.60. The van der Waals surface area contributed by atoms with Crippen LogP contribution >= 0.6 is 0 Å². The molecule has 4 nitrogen and oxygen atoms in total. The number of ether oxygens (including phenoxy) is 1. The van der Waals surface area contributed by atoms with Gasteiger partial charge < -0.3 is 15.0 Å². The molecule has 0 fully saturated rings. The highest BCUT2D eigenvalue weighted by atomic mass is 16.5. The number of fused-ring (bicyclic) bond motifs is 1. The molecule has 116 valence electrons. The lowest BCUT2D eigenvalue weighted by atomic mass is 9.99. The van der Waals surface area contributed by atoms with Crippen molar-refractivity contribution in [2.75, 3.05) is 31.6 Å². The monoisotopic (exact) mass is 290 g/mol. The molecule has 0 radical (unpaired) electrons. The summed E-state index contributed by atoms with van der Waals surface area (Å²) in [5.74, 6) is -0.152. The van der Waals surface area contributed by atoms with E-state index in [0.29, 0.717) is 6.61 Å². The summed E-state index contributed by atoms with van der Waals surface area (Å²) in [6.07, 6.45) is 3.10. The Morgan fingerprint density at radius 2 is 2.29 bits per heavy atom. The van der Waals surface area contributed by atoms with Gasteiger partial charge in [-0.1, -0.05) is 17.7 Å². The highest BCUT2D eigenvalue weighted by molar-refractivity contribution is 5.75. The molecule has 21 heavy (non-hydrogen) atoms. The van der Waals surface area contributed by atoms with E-state index in [-0.39, 0.29) is 12.0 Å². The van der Waals surface area contributed by atoms with Crippen LogP contribution in [0.1, 0.15) is 30.9 Å². The molecule has 1 heterocycles. The average Bonchev–Trinajstić information content (AvgIpc) is 2.47. The first-order valence-electron chi connectivity index (χ1n) is 7.84. The average molecular weight is 290 g/mol. The van der Waals surface area contributed by atoms with E-state index in [1.807, 2.05) is 14.0 Å². The van der Waals surface area contributed by atoms with Crippen LogP contribution in [0.2, 0.25) is 0 Å². The quantitative estimate of drug-likeness (QED) is 0.816. The molecule has 0 amide bonds. The van der Waals surface area contributed by atoms with Crippen molar-refractivity contribution < 1.29 is 9.53 Å². The molecule has 0 aliphatic carbocycles. The second kappa shape index (κ2) is 7.46. The van der Waals surface area contributed by atoms with E-state index in [0.717, 1.165) is 25.9 Å². The van der Waals surface area contributed by atoms with Crippen LogP contribution in [0, 0.1) is 6.92 Å². The van der Waals surface area contributed by atoms with Crippen LogP contribution in [-0.2, 0) is 16.0 Å². The van der Waals surface area contributed by atoms with E-state index in [4.69, 9.17) is 4.74 Å². The van der Waals surface area contributed by atoms with Crippen molar-refractivity contribution in [2.45, 2.75) is 39.2 Å². The Morgan fingerprint density at radius 1 is 1.48 bits per heavy atom. The van der Waals surface area contributed by atoms with Crippen molar-refractivity contribution in [3.8, 4) is 0 Å². The van der Waals surface area contributed by atoms with E-state index >= 15 is 0 Å². The van der Waals surface area contributed by atoms with Gasteiger partial charge in [0.2, 0.25) is 0 Å². The number of carbonyl (C=O) groups is 1. The van der Waals surface area contributed by atoms with Gasteiger partial charge in [-0.15, -0.1) is 0 Å². The van der Waals surface area contributed by atoms with Crippen molar-refractivity contribution in [2.24, 2.45) is 0 Å². The van der Waals surface area contributed by atoms with Crippen molar-refractivity contribution in [1.29, 1.82) is 0 Å². The molecule has 1 aliphatic rings. The topological polar surface area (TPSA) is 41.6 Å². The van der Waals surface area contributed by atoms with Gasteiger partial charge in [0.05, 0.1) is 6.61 Å². The predicted octanol–water partition coefficient (Wildman–Crippen LogP) is 2.29. The molecule has 1 N–H and O–H groups in total. The van der Waals surface area contributed by atoms with E-state index in [1.165, 1.54) is 23.2 Å². The molecule has 1 aromatic rings. The summed E-state index contributed by atoms with van der Waals surface area (Å²) in [6, 6.07) is 6.43. The number of hydrogen-bond donors (Lipinski definition) is 1. The normalized spacial score (nSPS) is 15.5. The fourth-order valence-electron chi connectivity index (χ4n) is 2.94. The van der Waals surface area contributed by atoms with Crippen LogP contribution in [0.5, 0.6) is 0 Å². The number of benzene rings is 1. The summed E-state index contributed by atoms with van der Waals surface area (Å²) in [4.78, 5) is 14.2. The van der Waals surface area contributed by atoms with E-state index in [1.54, 1.807) is 0 Å². The maximum absolute atomic E-state index is 11.8. The molecule has 1 aromatic carbocycles. The van der Waals surface area contributed by atoms with Crippen LogP contribution in [0.3, 0.4) is 0 Å². The number of esters is 1. The third kappa shape index (κ3) is 3.97. The van der Waals surface area contributed by atoms with Crippen LogP contribution in [-0.4, -0.2) is 38.8 Å². The molecule has 1 unspecified atom stereocenters. The van der Waals surface area contributed by atoms with Crippen LogP contribution in [0.15, 0.2) is 18.2 Å². The van der Waals surface area contributed by atoms with E-state index < -0.39 is 0 Å². The third-order valence-electron chi connectivity index (χ3n) is 4.06. The number of hydrogen-bond acceptors (Lipinski definition) is 4. The Labute approximate surface area is 127 Å². The Kier molecular flexibility index (Phi) is 5.62. The van der Waals surface area contributed by atoms with Crippen molar-refractivity contribution >= 4 is 11.7 Å². The number of aryl methyl sites for hydroxylation is 2. The maximum atomic E-state index is 11.8. The zero-order valence-electron chi connectivity index (χ0n) is 13.3. The smallest absolute Gasteiger partial charge is 0.323 e. The highest BCUT2D eigenvalue weighted by Crippen LogP contribution is 2.28. The summed E-state index contributed by atoms with van der Waals surface area (Å²) in [7, 11) is 1.81. The van der Waals surface area contributed by atoms with E-state index in [2.05, 4.69) is 35.3 Å². The Balaban J connectivity index is 1.99. The molecule has 2 rings (SSSR count). The highest BCUT2D eigenvalue weighted by Gasteiger charge is 2.21. The number of anilines is 1. The Bertz CT molecular complexity index is 488. The van der Waals surface area contributed by atoms with Crippen LogP contribution in [0.4, 0.5) is 5.69 Å². The maximum Gasteiger partial charge on any atom is 0.323 e. The number of likely N-dealkylation sites (N-methyl/N-ethyl adjacent to an activating group) is 1. The predicted molar refractivity (Wildman–Crippen MR) is 85.8 cm³/mol. The lowest BCUT2D eigenvalue weighted by molar-refractivity contribution is -0.145. The summed E-state index contributed by atoms with van der Waals surface area (Å²) in [5.41, 5.74) is 4.07. The molecule has 0 aromatic heterocycles. The number of carbonyl (C=O) groups excluding carboxylic acids is 1. The van der Waals surface area contributed by atoms with Gasteiger partial charge in [-0.05, 0) is 51.8 Å². The summed E-state index contributed by atoms with van der Waals surface area (Å²) < 4.78 is 5.10. The Morgan fingerprint density at radius 3 is 3.00 bits per heavy atom. The minimum Gasteiger partial charge on any atom is -0.465 e. The van der Waals surface area contributed by atoms with Crippen molar-refractivity contribution in [1.82, 2.24) is 5.32 Å². The summed E-state index contributed by atoms with van der Waals surface area (Å²) in [5, 5.41) is 3.06. The second-order valence-electron chi connectivity index (χ2n) is 5.60. The zero-order valence-corrected chi connectivity index (χ0v) is 13.3. The molecule has 0 spiro atoms.